The number of hydrogen-bond acceptors (Lipinski definition) is 4. The number of thiophene rings is 1. The van der Waals surface area contributed by atoms with Crippen LogP contribution in [0.25, 0.3) is 0 Å². The largest absolute Gasteiger partial charge is 0.465 e. The number of halogens is 2. The highest BCUT2D eigenvalue weighted by Gasteiger charge is 2.42. The molecule has 0 radical (unpaired) electrons. The first kappa shape index (κ1) is 19.2. The third-order valence-electron chi connectivity index (χ3n) is 5.53. The lowest BCUT2D eigenvalue weighted by Crippen LogP contribution is -2.55. The Labute approximate surface area is 161 Å². The molecule has 0 aromatic carbocycles. The zero-order valence-corrected chi connectivity index (χ0v) is 16.3. The molecule has 1 saturated heterocycles. The van der Waals surface area contributed by atoms with Gasteiger partial charge >= 0.3 is 6.09 Å². The van der Waals surface area contributed by atoms with Crippen LogP contribution in [0.5, 0.6) is 0 Å². The van der Waals surface area contributed by atoms with Crippen molar-refractivity contribution >= 4 is 40.6 Å². The maximum absolute atomic E-state index is 11.6. The minimum Gasteiger partial charge on any atom is -0.465 e. The number of aliphatic hydroxyl groups is 1. The zero-order chi connectivity index (χ0) is 18.0. The molecule has 2 unspecified atom stereocenters. The van der Waals surface area contributed by atoms with E-state index < -0.39 is 11.7 Å². The molecule has 1 amide bonds. The van der Waals surface area contributed by atoms with Crippen LogP contribution in [0.1, 0.15) is 50.0 Å². The monoisotopic (exact) mass is 406 g/mol. The van der Waals surface area contributed by atoms with E-state index in [4.69, 9.17) is 23.2 Å². The van der Waals surface area contributed by atoms with E-state index in [-0.39, 0.29) is 12.0 Å². The van der Waals surface area contributed by atoms with Crippen molar-refractivity contribution in [1.29, 1.82) is 0 Å². The molecule has 1 aliphatic carbocycles. The Hall–Kier alpha value is -0.530. The summed E-state index contributed by atoms with van der Waals surface area (Å²) in [5, 5.41) is 24.2. The van der Waals surface area contributed by atoms with Crippen molar-refractivity contribution in [3.8, 4) is 0 Å². The first-order chi connectivity index (χ1) is 11.9. The molecule has 140 valence electrons. The normalized spacial score (nSPS) is 24.9. The molecule has 1 aromatic heterocycles. The number of piperazine rings is 1. The predicted molar refractivity (Wildman–Crippen MR) is 101 cm³/mol. The van der Waals surface area contributed by atoms with Gasteiger partial charge in [-0.25, -0.2) is 4.79 Å². The molecular weight excluding hydrogens is 383 g/mol. The summed E-state index contributed by atoms with van der Waals surface area (Å²) in [5.41, 5.74) is 0.00505. The van der Waals surface area contributed by atoms with E-state index >= 15 is 0 Å². The summed E-state index contributed by atoms with van der Waals surface area (Å²) in [5.74, 6) is -0.212. The van der Waals surface area contributed by atoms with Gasteiger partial charge in [-0.1, -0.05) is 42.5 Å². The van der Waals surface area contributed by atoms with Crippen LogP contribution in [0, 0.1) is 0 Å². The molecule has 1 saturated carbocycles. The second-order valence-electron chi connectivity index (χ2n) is 7.07. The van der Waals surface area contributed by atoms with Gasteiger partial charge in [0, 0.05) is 31.6 Å². The van der Waals surface area contributed by atoms with Gasteiger partial charge in [0.05, 0.1) is 14.3 Å². The second-order valence-corrected chi connectivity index (χ2v) is 9.35. The van der Waals surface area contributed by atoms with E-state index in [1.165, 1.54) is 16.2 Å². The highest BCUT2D eigenvalue weighted by Crippen LogP contribution is 2.47. The fraction of sp³-hybridized carbons (Fsp3) is 0.706. The Bertz CT molecular complexity index is 619. The van der Waals surface area contributed by atoms with Gasteiger partial charge in [0.2, 0.25) is 0 Å². The summed E-state index contributed by atoms with van der Waals surface area (Å²) < 4.78 is 1.20. The average molecular weight is 407 g/mol. The van der Waals surface area contributed by atoms with Crippen LogP contribution >= 0.6 is 34.5 Å². The lowest BCUT2D eigenvalue weighted by Gasteiger charge is -2.43. The lowest BCUT2D eigenvalue weighted by atomic mass is 9.71. The van der Waals surface area contributed by atoms with Crippen molar-refractivity contribution in [2.45, 2.75) is 56.1 Å². The fourth-order valence-electron chi connectivity index (χ4n) is 4.23. The summed E-state index contributed by atoms with van der Waals surface area (Å²) in [6.07, 6.45) is 4.16. The SMILES string of the molecule is O=C(O)N1CCNCC1CC(c1cc(Cl)sc1Cl)C1(O)CCCCC1. The highest BCUT2D eigenvalue weighted by atomic mass is 35.5. The predicted octanol–water partition coefficient (Wildman–Crippen LogP) is 4.18. The van der Waals surface area contributed by atoms with Gasteiger partial charge in [0.15, 0.2) is 0 Å². The summed E-state index contributed by atoms with van der Waals surface area (Å²) in [6, 6.07) is 1.66. The van der Waals surface area contributed by atoms with Crippen molar-refractivity contribution in [1.82, 2.24) is 10.2 Å². The average Bonchev–Trinajstić information content (AvgIpc) is 2.91. The molecule has 2 aliphatic rings. The molecule has 25 heavy (non-hydrogen) atoms. The van der Waals surface area contributed by atoms with Crippen LogP contribution < -0.4 is 5.32 Å². The number of nitrogens with one attached hydrogen (secondary N) is 1. The van der Waals surface area contributed by atoms with Crippen molar-refractivity contribution in [2.24, 2.45) is 0 Å². The van der Waals surface area contributed by atoms with Gasteiger partial charge in [-0.2, -0.15) is 0 Å². The maximum Gasteiger partial charge on any atom is 0.407 e. The van der Waals surface area contributed by atoms with Crippen LogP contribution in [0.3, 0.4) is 0 Å². The Kier molecular flexibility index (Phi) is 6.16. The standard InChI is InChI=1S/C17H24Cl2N2O3S/c18-14-9-12(15(19)25-14)13(17(24)4-2-1-3-5-17)8-11-10-20-6-7-21(11)16(22)23/h9,11,13,20,24H,1-8,10H2,(H,22,23). The molecule has 2 fully saturated rings. The van der Waals surface area contributed by atoms with Crippen molar-refractivity contribution < 1.29 is 15.0 Å². The van der Waals surface area contributed by atoms with Crippen LogP contribution in [0.4, 0.5) is 4.79 Å². The smallest absolute Gasteiger partial charge is 0.407 e. The number of carboxylic acid groups (broad SMARTS) is 1. The van der Waals surface area contributed by atoms with Gasteiger partial charge in [0.1, 0.15) is 0 Å². The Morgan fingerprint density at radius 3 is 2.72 bits per heavy atom. The number of hydrogen-bond donors (Lipinski definition) is 3. The third-order valence-corrected chi connectivity index (χ3v) is 7.05. The van der Waals surface area contributed by atoms with Crippen LogP contribution in [-0.2, 0) is 0 Å². The molecule has 1 aromatic rings. The van der Waals surface area contributed by atoms with Crippen molar-refractivity contribution in [3.63, 3.8) is 0 Å². The summed E-state index contributed by atoms with van der Waals surface area (Å²) in [4.78, 5) is 13.1. The van der Waals surface area contributed by atoms with Crippen LogP contribution in [0.15, 0.2) is 6.07 Å². The highest BCUT2D eigenvalue weighted by molar-refractivity contribution is 7.20. The van der Waals surface area contributed by atoms with Gasteiger partial charge < -0.3 is 20.4 Å². The topological polar surface area (TPSA) is 72.8 Å². The molecule has 2 heterocycles. The Morgan fingerprint density at radius 1 is 1.40 bits per heavy atom. The minimum absolute atomic E-state index is 0.183. The van der Waals surface area contributed by atoms with Gasteiger partial charge in [-0.15, -0.1) is 11.3 Å². The quantitative estimate of drug-likeness (QED) is 0.700. The van der Waals surface area contributed by atoms with Gasteiger partial charge in [0.25, 0.3) is 0 Å². The molecule has 5 nitrogen and oxygen atoms in total. The van der Waals surface area contributed by atoms with Crippen molar-refractivity contribution in [2.75, 3.05) is 19.6 Å². The van der Waals surface area contributed by atoms with Gasteiger partial charge in [-0.3, -0.25) is 0 Å². The number of carbonyl (C=O) groups is 1. The molecule has 8 heteroatoms. The number of rotatable bonds is 4. The van der Waals surface area contributed by atoms with Crippen LogP contribution in [-0.4, -0.2) is 52.5 Å². The molecule has 3 N–H and O–H groups in total. The van der Waals surface area contributed by atoms with E-state index in [0.717, 1.165) is 24.8 Å². The molecule has 0 spiro atoms. The lowest BCUT2D eigenvalue weighted by molar-refractivity contribution is -0.0315. The molecule has 2 atom stereocenters. The molecule has 3 rings (SSSR count). The molecule has 0 bridgehead atoms. The van der Waals surface area contributed by atoms with E-state index in [1.54, 1.807) is 0 Å². The Morgan fingerprint density at radius 2 is 2.12 bits per heavy atom. The summed E-state index contributed by atoms with van der Waals surface area (Å²) in [7, 11) is 0. The maximum atomic E-state index is 11.6. The van der Waals surface area contributed by atoms with Crippen molar-refractivity contribution in [3.05, 3.63) is 20.3 Å². The van der Waals surface area contributed by atoms with Crippen LogP contribution in [0.2, 0.25) is 8.67 Å². The molecular formula is C17H24Cl2N2O3S. The first-order valence-electron chi connectivity index (χ1n) is 8.78. The Balaban J connectivity index is 1.90. The summed E-state index contributed by atoms with van der Waals surface area (Å²) >= 11 is 13.9. The number of nitrogens with zero attached hydrogens (tertiary/aromatic N) is 1. The van der Waals surface area contributed by atoms with E-state index in [9.17, 15) is 15.0 Å². The second kappa shape index (κ2) is 8.01. The first-order valence-corrected chi connectivity index (χ1v) is 10.4. The van der Waals surface area contributed by atoms with Gasteiger partial charge in [-0.05, 0) is 30.9 Å². The number of amides is 1. The minimum atomic E-state index is -0.907. The summed E-state index contributed by atoms with van der Waals surface area (Å²) in [6.45, 7) is 1.71. The van der Waals surface area contributed by atoms with E-state index in [0.29, 0.717) is 47.6 Å². The molecule has 1 aliphatic heterocycles. The van der Waals surface area contributed by atoms with E-state index in [1.807, 2.05) is 6.07 Å². The fourth-order valence-corrected chi connectivity index (χ4v) is 5.81. The zero-order valence-electron chi connectivity index (χ0n) is 14.0. The third kappa shape index (κ3) is 4.25. The van der Waals surface area contributed by atoms with E-state index in [2.05, 4.69) is 5.32 Å².